The molecule has 0 aliphatic heterocycles. The van der Waals surface area contributed by atoms with Crippen molar-refractivity contribution in [2.24, 2.45) is 0 Å². The lowest BCUT2D eigenvalue weighted by Crippen LogP contribution is -2.16. The van der Waals surface area contributed by atoms with Gasteiger partial charge in [0.2, 0.25) is 5.71 Å². The lowest BCUT2D eigenvalue weighted by molar-refractivity contribution is 0.140. The number of aromatic amines is 1. The smallest absolute Gasteiger partial charge is 0.337 e. The first-order chi connectivity index (χ1) is 13.5. The number of nitrogens with one attached hydrogen (secondary N) is 1. The average Bonchev–Trinajstić information content (AvgIpc) is 3.15. The summed E-state index contributed by atoms with van der Waals surface area (Å²) in [5.74, 6) is -0.305. The minimum absolute atomic E-state index is 0.0718. The van der Waals surface area contributed by atoms with E-state index in [1.54, 1.807) is 24.4 Å². The summed E-state index contributed by atoms with van der Waals surface area (Å²) in [6.07, 6.45) is -1.02. The Morgan fingerprint density at radius 1 is 1.14 bits per heavy atom. The lowest BCUT2D eigenvalue weighted by Gasteiger charge is -2.04. The van der Waals surface area contributed by atoms with Crippen molar-refractivity contribution in [3.8, 4) is 11.6 Å². The van der Waals surface area contributed by atoms with Crippen molar-refractivity contribution in [2.45, 2.75) is 19.3 Å². The van der Waals surface area contributed by atoms with Gasteiger partial charge in [0.05, 0.1) is 0 Å². The lowest BCUT2D eigenvalue weighted by atomic mass is 10.1. The molecule has 0 saturated heterocycles. The van der Waals surface area contributed by atoms with E-state index >= 15 is 0 Å². The van der Waals surface area contributed by atoms with E-state index in [1.165, 1.54) is 0 Å². The minimum atomic E-state index is -3.00. The maximum atomic E-state index is 12.8. The van der Waals surface area contributed by atoms with Gasteiger partial charge in [0.25, 0.3) is 17.9 Å². The number of nitrogens with zero attached hydrogens (tertiary/aromatic N) is 4. The second-order valence-corrected chi connectivity index (χ2v) is 5.75. The molecule has 0 atom stereocenters. The van der Waals surface area contributed by atoms with Gasteiger partial charge in [-0.2, -0.15) is 9.97 Å². The summed E-state index contributed by atoms with van der Waals surface area (Å²) in [7, 11) is 0. The third kappa shape index (κ3) is 3.41. The highest BCUT2D eigenvalue weighted by Crippen LogP contribution is 2.18. The first-order valence-corrected chi connectivity index (χ1v) is 8.10. The molecule has 11 heteroatoms. The quantitative estimate of drug-likeness (QED) is 0.551. The highest BCUT2D eigenvalue weighted by molar-refractivity contribution is 5.75. The number of fused-ring (bicyclic) bond motifs is 1. The Kier molecular flexibility index (Phi) is 4.47. The molecule has 4 aromatic heterocycles. The molecule has 4 heterocycles. The highest BCUT2D eigenvalue weighted by atomic mass is 19.3. The van der Waals surface area contributed by atoms with Gasteiger partial charge in [0, 0.05) is 18.7 Å². The third-order valence-electron chi connectivity index (χ3n) is 3.89. The van der Waals surface area contributed by atoms with Gasteiger partial charge in [-0.3, -0.25) is 9.78 Å². The number of aromatic nitrogens is 5. The number of pyridine rings is 1. The minimum Gasteiger partial charge on any atom is -0.403 e. The van der Waals surface area contributed by atoms with Crippen LogP contribution in [0.1, 0.15) is 23.6 Å². The van der Waals surface area contributed by atoms with Crippen LogP contribution in [0, 0.1) is 0 Å². The molecule has 0 fully saturated rings. The largest absolute Gasteiger partial charge is 0.403 e. The zero-order chi connectivity index (χ0) is 19.7. The molecule has 28 heavy (non-hydrogen) atoms. The van der Waals surface area contributed by atoms with E-state index in [1.807, 2.05) is 4.98 Å². The Morgan fingerprint density at radius 3 is 2.75 bits per heavy atom. The molecular weight excluding hydrogens is 376 g/mol. The zero-order valence-electron chi connectivity index (χ0n) is 14.1. The first kappa shape index (κ1) is 17.6. The van der Waals surface area contributed by atoms with Gasteiger partial charge in [-0.15, -0.1) is 0 Å². The molecule has 0 aliphatic carbocycles. The summed E-state index contributed by atoms with van der Waals surface area (Å²) in [5, 5.41) is 3.77. The van der Waals surface area contributed by atoms with Gasteiger partial charge in [-0.1, -0.05) is 11.2 Å². The Balaban J connectivity index is 1.64. The Morgan fingerprint density at radius 2 is 2.00 bits per heavy atom. The number of hydrogen-bond donors (Lipinski definition) is 1. The first-order valence-electron chi connectivity index (χ1n) is 8.10. The number of hydrogen-bond acceptors (Lipinski definition) is 8. The van der Waals surface area contributed by atoms with Crippen LogP contribution < -0.4 is 11.2 Å². The van der Waals surface area contributed by atoms with Gasteiger partial charge >= 0.3 is 5.63 Å². The van der Waals surface area contributed by atoms with Gasteiger partial charge in [-0.05, 0) is 24.1 Å². The van der Waals surface area contributed by atoms with Crippen LogP contribution in [0.4, 0.5) is 8.78 Å². The standard InChI is InChI=1S/C17H11F2N5O4/c18-13(19)14-22-15(26)12-8(7-11(25)27-17(12)23-14)4-5-10-21-16(28-24-10)9-3-1-2-6-20-9/h1-3,6-7,13H,4-5H2,(H,22,23,26). The molecular formula is C17H11F2N5O4. The van der Waals surface area contributed by atoms with Crippen LogP contribution in [0.25, 0.3) is 22.7 Å². The van der Waals surface area contributed by atoms with Crippen LogP contribution >= 0.6 is 0 Å². The summed E-state index contributed by atoms with van der Waals surface area (Å²) in [5.41, 5.74) is -1.27. The molecule has 0 bridgehead atoms. The number of H-pyrrole nitrogens is 1. The van der Waals surface area contributed by atoms with Crippen molar-refractivity contribution in [1.82, 2.24) is 25.1 Å². The van der Waals surface area contributed by atoms with Crippen LogP contribution in [0.2, 0.25) is 0 Å². The molecule has 0 saturated carbocycles. The van der Waals surface area contributed by atoms with Crippen LogP contribution in [-0.4, -0.2) is 25.1 Å². The second-order valence-electron chi connectivity index (χ2n) is 5.75. The van der Waals surface area contributed by atoms with Crippen molar-refractivity contribution in [3.05, 3.63) is 68.4 Å². The van der Waals surface area contributed by atoms with E-state index in [-0.39, 0.29) is 29.7 Å². The molecule has 0 amide bonds. The number of aryl methyl sites for hydroxylation is 2. The van der Waals surface area contributed by atoms with E-state index in [9.17, 15) is 18.4 Å². The monoisotopic (exact) mass is 387 g/mol. The summed E-state index contributed by atoms with van der Waals surface area (Å²) in [4.78, 5) is 37.8. The Hall–Kier alpha value is -3.76. The fourth-order valence-electron chi connectivity index (χ4n) is 2.66. The molecule has 142 valence electrons. The van der Waals surface area contributed by atoms with E-state index in [0.29, 0.717) is 11.5 Å². The van der Waals surface area contributed by atoms with Crippen LogP contribution in [0.15, 0.2) is 49.0 Å². The molecule has 0 aromatic carbocycles. The fourth-order valence-corrected chi connectivity index (χ4v) is 2.66. The molecule has 0 unspecified atom stereocenters. The highest BCUT2D eigenvalue weighted by Gasteiger charge is 2.18. The summed E-state index contributed by atoms with van der Waals surface area (Å²) < 4.78 is 35.6. The van der Waals surface area contributed by atoms with Crippen molar-refractivity contribution in [3.63, 3.8) is 0 Å². The molecule has 4 aromatic rings. The molecule has 0 aliphatic rings. The summed E-state index contributed by atoms with van der Waals surface area (Å²) in [6.45, 7) is 0. The van der Waals surface area contributed by atoms with Crippen LogP contribution in [0.5, 0.6) is 0 Å². The van der Waals surface area contributed by atoms with Crippen LogP contribution in [0.3, 0.4) is 0 Å². The SMILES string of the molecule is O=c1cc(CCc2noc(-c3ccccn3)n2)c2c(=O)[nH]c(C(F)F)nc2o1. The Labute approximate surface area is 154 Å². The number of rotatable bonds is 5. The molecule has 0 radical (unpaired) electrons. The fraction of sp³-hybridized carbons (Fsp3) is 0.176. The zero-order valence-corrected chi connectivity index (χ0v) is 14.1. The predicted octanol–water partition coefficient (Wildman–Crippen LogP) is 2.04. The van der Waals surface area contributed by atoms with E-state index in [0.717, 1.165) is 6.07 Å². The van der Waals surface area contributed by atoms with Gasteiger partial charge < -0.3 is 13.9 Å². The van der Waals surface area contributed by atoms with Crippen molar-refractivity contribution in [1.29, 1.82) is 0 Å². The van der Waals surface area contributed by atoms with E-state index < -0.39 is 29.1 Å². The van der Waals surface area contributed by atoms with Crippen molar-refractivity contribution < 1.29 is 17.7 Å². The molecule has 4 rings (SSSR count). The van der Waals surface area contributed by atoms with Gasteiger partial charge in [0.1, 0.15) is 11.1 Å². The predicted molar refractivity (Wildman–Crippen MR) is 90.8 cm³/mol. The summed E-state index contributed by atoms with van der Waals surface area (Å²) >= 11 is 0. The third-order valence-corrected chi connectivity index (χ3v) is 3.89. The summed E-state index contributed by atoms with van der Waals surface area (Å²) in [6, 6.07) is 6.34. The normalized spacial score (nSPS) is 11.4. The van der Waals surface area contributed by atoms with E-state index in [4.69, 9.17) is 8.94 Å². The number of alkyl halides is 2. The second kappa shape index (κ2) is 7.10. The van der Waals surface area contributed by atoms with Gasteiger partial charge in [-0.25, -0.2) is 13.6 Å². The Bertz CT molecular complexity index is 1250. The van der Waals surface area contributed by atoms with Crippen molar-refractivity contribution in [2.75, 3.05) is 0 Å². The molecule has 1 N–H and O–H groups in total. The molecule has 0 spiro atoms. The van der Waals surface area contributed by atoms with Crippen molar-refractivity contribution >= 4 is 11.1 Å². The maximum absolute atomic E-state index is 12.8. The van der Waals surface area contributed by atoms with Crippen LogP contribution in [-0.2, 0) is 12.8 Å². The van der Waals surface area contributed by atoms with Gasteiger partial charge in [0.15, 0.2) is 11.6 Å². The number of halogens is 2. The molecule has 9 nitrogen and oxygen atoms in total. The average molecular weight is 387 g/mol. The maximum Gasteiger partial charge on any atom is 0.337 e. The topological polar surface area (TPSA) is 128 Å². The van der Waals surface area contributed by atoms with E-state index in [2.05, 4.69) is 20.1 Å².